The monoisotopic (exact) mass is 370 g/mol. The minimum atomic E-state index is 0.763. The maximum Gasteiger partial charge on any atom is 0.194 e. The zero-order valence-corrected chi connectivity index (χ0v) is 17.1. The Balaban J connectivity index is 1.57. The summed E-state index contributed by atoms with van der Waals surface area (Å²) in [6.07, 6.45) is 4.32. The third-order valence-electron chi connectivity index (χ3n) is 5.58. The maximum absolute atomic E-state index is 5.39. The molecule has 1 saturated heterocycles. The lowest BCUT2D eigenvalue weighted by molar-refractivity contribution is 0.153. The quantitative estimate of drug-likeness (QED) is 0.491. The van der Waals surface area contributed by atoms with Gasteiger partial charge in [0.2, 0.25) is 0 Å². The molecular formula is C22H34N4O. The molecule has 1 fully saturated rings. The van der Waals surface area contributed by atoms with Crippen molar-refractivity contribution < 1.29 is 4.74 Å². The Morgan fingerprint density at radius 1 is 1.19 bits per heavy atom. The van der Waals surface area contributed by atoms with Crippen molar-refractivity contribution in [3.05, 3.63) is 41.0 Å². The van der Waals surface area contributed by atoms with Crippen LogP contribution in [0.2, 0.25) is 0 Å². The predicted molar refractivity (Wildman–Crippen MR) is 114 cm³/mol. The second kappa shape index (κ2) is 9.79. The average molecular weight is 371 g/mol. The smallest absolute Gasteiger partial charge is 0.194 e. The number of hydrogen-bond donors (Lipinski definition) is 1. The number of aryl methyl sites for hydroxylation is 1. The van der Waals surface area contributed by atoms with Gasteiger partial charge in [0.1, 0.15) is 0 Å². The number of benzene rings is 1. The van der Waals surface area contributed by atoms with Crippen LogP contribution in [0, 0.1) is 13.8 Å². The van der Waals surface area contributed by atoms with Gasteiger partial charge >= 0.3 is 0 Å². The van der Waals surface area contributed by atoms with E-state index in [1.165, 1.54) is 22.4 Å². The van der Waals surface area contributed by atoms with Crippen LogP contribution in [0.15, 0.2) is 34.8 Å². The topological polar surface area (TPSA) is 40.1 Å². The van der Waals surface area contributed by atoms with E-state index in [4.69, 9.17) is 9.73 Å². The molecule has 1 aromatic carbocycles. The third-order valence-corrected chi connectivity index (χ3v) is 5.58. The van der Waals surface area contributed by atoms with E-state index in [9.17, 15) is 0 Å². The minimum absolute atomic E-state index is 0.763. The summed E-state index contributed by atoms with van der Waals surface area (Å²) in [5.74, 6) is 1.06. The number of guanidine groups is 1. The van der Waals surface area contributed by atoms with E-state index >= 15 is 0 Å². The fourth-order valence-corrected chi connectivity index (χ4v) is 3.76. The van der Waals surface area contributed by atoms with Gasteiger partial charge in [-0.25, -0.2) is 0 Å². The lowest BCUT2D eigenvalue weighted by atomic mass is 10.1. The van der Waals surface area contributed by atoms with Gasteiger partial charge in [-0.3, -0.25) is 4.99 Å². The highest BCUT2D eigenvalue weighted by molar-refractivity contribution is 5.80. The van der Waals surface area contributed by atoms with Crippen molar-refractivity contribution in [2.75, 3.05) is 57.4 Å². The molecule has 5 heteroatoms. The van der Waals surface area contributed by atoms with Crippen molar-refractivity contribution in [3.63, 3.8) is 0 Å². The van der Waals surface area contributed by atoms with Crippen LogP contribution in [0.5, 0.6) is 0 Å². The first-order valence-corrected chi connectivity index (χ1v) is 10.3. The molecule has 0 radical (unpaired) electrons. The predicted octanol–water partition coefficient (Wildman–Crippen LogP) is 3.13. The molecule has 0 unspecified atom stereocenters. The van der Waals surface area contributed by atoms with Crippen LogP contribution in [0.25, 0.3) is 0 Å². The van der Waals surface area contributed by atoms with Gasteiger partial charge < -0.3 is 19.9 Å². The van der Waals surface area contributed by atoms with Crippen LogP contribution in [-0.4, -0.2) is 63.3 Å². The van der Waals surface area contributed by atoms with Crippen LogP contribution in [-0.2, 0) is 4.74 Å². The van der Waals surface area contributed by atoms with E-state index in [1.54, 1.807) is 0 Å². The fourth-order valence-electron chi connectivity index (χ4n) is 3.76. The summed E-state index contributed by atoms with van der Waals surface area (Å²) in [7, 11) is 0. The summed E-state index contributed by atoms with van der Waals surface area (Å²) >= 11 is 0. The molecule has 3 rings (SSSR count). The molecule has 1 N–H and O–H groups in total. The van der Waals surface area contributed by atoms with E-state index in [1.807, 2.05) is 0 Å². The number of hydrogen-bond acceptors (Lipinski definition) is 3. The molecule has 148 valence electrons. The second-order valence-electron chi connectivity index (χ2n) is 7.37. The van der Waals surface area contributed by atoms with Gasteiger partial charge in [-0.1, -0.05) is 23.8 Å². The molecule has 0 amide bonds. The first-order valence-electron chi connectivity index (χ1n) is 10.3. The van der Waals surface area contributed by atoms with Crippen LogP contribution in [0.4, 0.5) is 5.69 Å². The van der Waals surface area contributed by atoms with E-state index in [0.29, 0.717) is 0 Å². The summed E-state index contributed by atoms with van der Waals surface area (Å²) in [5.41, 5.74) is 5.63. The fraction of sp³-hybridized carbons (Fsp3) is 0.591. The Kier molecular flexibility index (Phi) is 7.16. The van der Waals surface area contributed by atoms with Gasteiger partial charge in [-0.15, -0.1) is 0 Å². The first kappa shape index (κ1) is 19.7. The van der Waals surface area contributed by atoms with Gasteiger partial charge in [0, 0.05) is 45.0 Å². The number of nitrogens with one attached hydrogen (secondary N) is 1. The lowest BCUT2D eigenvalue weighted by Crippen LogP contribution is -2.52. The molecule has 0 saturated carbocycles. The molecule has 0 aliphatic carbocycles. The molecular weight excluding hydrogens is 336 g/mol. The maximum atomic E-state index is 5.39. The van der Waals surface area contributed by atoms with Crippen molar-refractivity contribution in [2.45, 2.75) is 33.6 Å². The number of ether oxygens (including phenoxy) is 1. The van der Waals surface area contributed by atoms with Crippen molar-refractivity contribution in [3.8, 4) is 0 Å². The Hall–Kier alpha value is -2.01. The Bertz CT molecular complexity index is 675. The van der Waals surface area contributed by atoms with Gasteiger partial charge in [0.05, 0.1) is 13.2 Å². The van der Waals surface area contributed by atoms with E-state index in [2.05, 4.69) is 60.2 Å². The largest absolute Gasteiger partial charge is 0.377 e. The zero-order valence-electron chi connectivity index (χ0n) is 17.1. The standard InChI is InChI=1S/C22H34N4O/c1-4-23-22(24-11-8-20-9-16-27-17-10-20)26-14-12-25(13-15-26)21-7-5-6-18(2)19(21)3/h5-7,9H,4,8,10-17H2,1-3H3,(H,23,24). The number of rotatable bonds is 5. The van der Waals surface area contributed by atoms with Crippen molar-refractivity contribution in [2.24, 2.45) is 4.99 Å². The van der Waals surface area contributed by atoms with Gasteiger partial charge in [-0.2, -0.15) is 0 Å². The number of aliphatic imine (C=N–C) groups is 1. The van der Waals surface area contributed by atoms with E-state index < -0.39 is 0 Å². The summed E-state index contributed by atoms with van der Waals surface area (Å²) in [6.45, 7) is 14.0. The van der Waals surface area contributed by atoms with E-state index in [0.717, 1.165) is 71.3 Å². The SMILES string of the molecule is CCNC(=NCCC1=CCOCC1)N1CCN(c2cccc(C)c2C)CC1. The van der Waals surface area contributed by atoms with E-state index in [-0.39, 0.29) is 0 Å². The van der Waals surface area contributed by atoms with Crippen molar-refractivity contribution >= 4 is 11.6 Å². The van der Waals surface area contributed by atoms with Gasteiger partial charge in [0.25, 0.3) is 0 Å². The zero-order chi connectivity index (χ0) is 19.1. The molecule has 0 bridgehead atoms. The van der Waals surface area contributed by atoms with Gasteiger partial charge in [0.15, 0.2) is 5.96 Å². The Labute approximate surface area is 164 Å². The molecule has 2 aliphatic rings. The summed E-state index contributed by atoms with van der Waals surface area (Å²) < 4.78 is 5.39. The second-order valence-corrected chi connectivity index (χ2v) is 7.37. The summed E-state index contributed by atoms with van der Waals surface area (Å²) in [5, 5.41) is 3.48. The Morgan fingerprint density at radius 2 is 2.00 bits per heavy atom. The summed E-state index contributed by atoms with van der Waals surface area (Å²) in [4.78, 5) is 9.81. The normalized spacial score (nSPS) is 18.5. The molecule has 0 spiro atoms. The number of nitrogens with zero attached hydrogens (tertiary/aromatic N) is 3. The molecule has 0 aromatic heterocycles. The third kappa shape index (κ3) is 5.25. The number of piperazine rings is 1. The van der Waals surface area contributed by atoms with Crippen LogP contribution >= 0.6 is 0 Å². The molecule has 5 nitrogen and oxygen atoms in total. The van der Waals surface area contributed by atoms with Crippen molar-refractivity contribution in [1.29, 1.82) is 0 Å². The average Bonchev–Trinajstić information content (AvgIpc) is 2.70. The first-order chi connectivity index (χ1) is 13.2. The highest BCUT2D eigenvalue weighted by Crippen LogP contribution is 2.23. The van der Waals surface area contributed by atoms with Crippen LogP contribution in [0.3, 0.4) is 0 Å². The van der Waals surface area contributed by atoms with Crippen LogP contribution < -0.4 is 10.2 Å². The van der Waals surface area contributed by atoms with Gasteiger partial charge in [-0.05, 0) is 50.8 Å². The van der Waals surface area contributed by atoms with Crippen LogP contribution in [0.1, 0.15) is 30.9 Å². The van der Waals surface area contributed by atoms with Crippen molar-refractivity contribution in [1.82, 2.24) is 10.2 Å². The molecule has 2 heterocycles. The molecule has 1 aromatic rings. The number of anilines is 1. The highest BCUT2D eigenvalue weighted by Gasteiger charge is 2.21. The molecule has 2 aliphatic heterocycles. The molecule has 0 atom stereocenters. The lowest BCUT2D eigenvalue weighted by Gasteiger charge is -2.38. The minimum Gasteiger partial charge on any atom is -0.377 e. The Morgan fingerprint density at radius 3 is 2.70 bits per heavy atom. The molecule has 27 heavy (non-hydrogen) atoms. The highest BCUT2D eigenvalue weighted by atomic mass is 16.5. The summed E-state index contributed by atoms with van der Waals surface area (Å²) in [6, 6.07) is 6.61.